The molecule has 8 nitrogen and oxygen atoms in total. The van der Waals surface area contributed by atoms with E-state index in [9.17, 15) is 14.9 Å². The van der Waals surface area contributed by atoms with E-state index in [1.54, 1.807) is 24.3 Å². The Bertz CT molecular complexity index is 1270. The first-order valence-corrected chi connectivity index (χ1v) is 10.9. The highest BCUT2D eigenvalue weighted by Gasteiger charge is 2.45. The van der Waals surface area contributed by atoms with Gasteiger partial charge < -0.3 is 23.9 Å². The minimum atomic E-state index is -0.823. The van der Waals surface area contributed by atoms with E-state index >= 15 is 0 Å². The molecule has 2 aromatic carbocycles. The predicted molar refractivity (Wildman–Crippen MR) is 118 cm³/mol. The maximum Gasteiger partial charge on any atom is 0.317 e. The van der Waals surface area contributed by atoms with Gasteiger partial charge in [-0.3, -0.25) is 9.59 Å². The zero-order valence-corrected chi connectivity index (χ0v) is 17.9. The molecule has 1 fully saturated rings. The molecule has 1 aliphatic carbocycles. The Morgan fingerprint density at radius 1 is 1.06 bits per heavy atom. The summed E-state index contributed by atoms with van der Waals surface area (Å²) in [6.45, 7) is 0.491. The Morgan fingerprint density at radius 2 is 1.82 bits per heavy atom. The molecular formula is C25H22N2O6. The fraction of sp³-hybridized carbons (Fsp3) is 0.320. The topological polar surface area (TPSA) is 111 Å². The van der Waals surface area contributed by atoms with Crippen LogP contribution in [0.1, 0.15) is 37.0 Å². The molecular weight excluding hydrogens is 424 g/mol. The number of carbonyl (C=O) groups excluding carboxylic acids is 2. The summed E-state index contributed by atoms with van der Waals surface area (Å²) in [4.78, 5) is 25.8. The molecule has 0 atom stereocenters. The van der Waals surface area contributed by atoms with Crippen molar-refractivity contribution in [2.75, 3.05) is 25.1 Å². The number of amides is 1. The smallest absolute Gasteiger partial charge is 0.317 e. The Balaban J connectivity index is 1.32. The molecule has 1 aromatic heterocycles. The quantitative estimate of drug-likeness (QED) is 0.588. The molecule has 0 radical (unpaired) electrons. The predicted octanol–water partition coefficient (Wildman–Crippen LogP) is 4.07. The fourth-order valence-electron chi connectivity index (χ4n) is 4.62. The van der Waals surface area contributed by atoms with Crippen LogP contribution in [0.5, 0.6) is 11.5 Å². The van der Waals surface area contributed by atoms with Crippen LogP contribution in [0.15, 0.2) is 46.9 Å². The lowest BCUT2D eigenvalue weighted by molar-refractivity contribution is -0.153. The summed E-state index contributed by atoms with van der Waals surface area (Å²) in [6, 6.07) is 14.5. The van der Waals surface area contributed by atoms with Crippen molar-refractivity contribution in [3.63, 3.8) is 0 Å². The highest BCUT2D eigenvalue weighted by Crippen LogP contribution is 2.45. The van der Waals surface area contributed by atoms with E-state index in [0.717, 1.165) is 18.4 Å². The van der Waals surface area contributed by atoms with Crippen molar-refractivity contribution in [3.8, 4) is 17.6 Å². The molecule has 0 bridgehead atoms. The van der Waals surface area contributed by atoms with E-state index in [2.05, 4.69) is 5.32 Å². The summed E-state index contributed by atoms with van der Waals surface area (Å²) >= 11 is 0. The van der Waals surface area contributed by atoms with Crippen LogP contribution in [-0.2, 0) is 19.7 Å². The van der Waals surface area contributed by atoms with Crippen molar-refractivity contribution >= 4 is 28.5 Å². The fourth-order valence-corrected chi connectivity index (χ4v) is 4.62. The Labute approximate surface area is 190 Å². The molecule has 0 spiro atoms. The molecule has 1 N–H and O–H groups in total. The SMILES string of the molecule is N#Cc1oc2ccccc2c1NC(=O)COC(=O)C1(c2ccc3c(c2)OCCO3)CCCC1. The minimum Gasteiger partial charge on any atom is -0.486 e. The number of nitrogens with one attached hydrogen (secondary N) is 1. The van der Waals surface area contributed by atoms with E-state index in [1.165, 1.54) is 0 Å². The first-order valence-electron chi connectivity index (χ1n) is 10.9. The first kappa shape index (κ1) is 20.9. The molecule has 0 saturated heterocycles. The van der Waals surface area contributed by atoms with Crippen LogP contribution in [0.4, 0.5) is 5.69 Å². The van der Waals surface area contributed by atoms with Crippen molar-refractivity contribution in [1.82, 2.24) is 0 Å². The van der Waals surface area contributed by atoms with Gasteiger partial charge in [-0.1, -0.05) is 31.0 Å². The number of anilines is 1. The van der Waals surface area contributed by atoms with E-state index in [4.69, 9.17) is 18.6 Å². The van der Waals surface area contributed by atoms with E-state index in [1.807, 2.05) is 24.3 Å². The summed E-state index contributed by atoms with van der Waals surface area (Å²) < 4.78 is 22.2. The van der Waals surface area contributed by atoms with Gasteiger partial charge in [0.05, 0.1) is 5.41 Å². The molecule has 1 amide bonds. The number of hydrogen-bond acceptors (Lipinski definition) is 7. The third-order valence-electron chi connectivity index (χ3n) is 6.24. The highest BCUT2D eigenvalue weighted by molar-refractivity contribution is 6.03. The second kappa shape index (κ2) is 8.51. The number of para-hydroxylation sites is 1. The summed E-state index contributed by atoms with van der Waals surface area (Å²) in [7, 11) is 0. The van der Waals surface area contributed by atoms with E-state index in [-0.39, 0.29) is 11.4 Å². The van der Waals surface area contributed by atoms with Crippen LogP contribution < -0.4 is 14.8 Å². The molecule has 0 unspecified atom stereocenters. The molecule has 1 aliphatic heterocycles. The molecule has 2 heterocycles. The van der Waals surface area contributed by atoms with Gasteiger partial charge >= 0.3 is 5.97 Å². The van der Waals surface area contributed by atoms with Crippen LogP contribution in [0.25, 0.3) is 11.0 Å². The number of rotatable bonds is 5. The molecule has 2 aliphatic rings. The standard InChI is InChI=1S/C25H22N2O6/c26-14-21-23(17-5-1-2-6-18(17)33-21)27-22(28)15-32-24(29)25(9-3-4-10-25)16-7-8-19-20(13-16)31-12-11-30-19/h1-2,5-8,13H,3-4,9-12,15H2,(H,27,28). The van der Waals surface area contributed by atoms with Crippen molar-refractivity contribution in [3.05, 3.63) is 53.8 Å². The zero-order valence-electron chi connectivity index (χ0n) is 17.9. The largest absolute Gasteiger partial charge is 0.486 e. The lowest BCUT2D eigenvalue weighted by Gasteiger charge is -2.28. The minimum absolute atomic E-state index is 0.000539. The van der Waals surface area contributed by atoms with Gasteiger partial charge in [-0.2, -0.15) is 5.26 Å². The summed E-state index contributed by atoms with van der Waals surface area (Å²) in [5, 5.41) is 12.6. The van der Waals surface area contributed by atoms with Crippen LogP contribution in [0.3, 0.4) is 0 Å². The maximum atomic E-state index is 13.2. The van der Waals surface area contributed by atoms with Crippen molar-refractivity contribution in [1.29, 1.82) is 5.26 Å². The van der Waals surface area contributed by atoms with Crippen LogP contribution in [-0.4, -0.2) is 31.7 Å². The first-order chi connectivity index (χ1) is 16.1. The second-order valence-electron chi connectivity index (χ2n) is 8.19. The van der Waals surface area contributed by atoms with E-state index in [0.29, 0.717) is 48.5 Å². The molecule has 8 heteroatoms. The number of furan rings is 1. The summed E-state index contributed by atoms with van der Waals surface area (Å²) in [5.41, 5.74) is 0.750. The summed E-state index contributed by atoms with van der Waals surface area (Å²) in [5.74, 6) is 0.295. The lowest BCUT2D eigenvalue weighted by Crippen LogP contribution is -2.36. The summed E-state index contributed by atoms with van der Waals surface area (Å²) in [6.07, 6.45) is 3.06. The van der Waals surface area contributed by atoms with Crippen molar-refractivity contribution in [2.45, 2.75) is 31.1 Å². The van der Waals surface area contributed by atoms with Crippen LogP contribution >= 0.6 is 0 Å². The molecule has 3 aromatic rings. The monoisotopic (exact) mass is 446 g/mol. The van der Waals surface area contributed by atoms with Gasteiger partial charge in [0.1, 0.15) is 30.6 Å². The molecule has 1 saturated carbocycles. The average Bonchev–Trinajstić information content (AvgIpc) is 3.48. The number of hydrogen-bond donors (Lipinski definition) is 1. The Morgan fingerprint density at radius 3 is 2.61 bits per heavy atom. The van der Waals surface area contributed by atoms with Crippen LogP contribution in [0.2, 0.25) is 0 Å². The lowest BCUT2D eigenvalue weighted by atomic mass is 9.78. The van der Waals surface area contributed by atoms with Crippen LogP contribution in [0, 0.1) is 11.3 Å². The van der Waals surface area contributed by atoms with E-state index < -0.39 is 23.9 Å². The van der Waals surface area contributed by atoms with Gasteiger partial charge in [-0.05, 0) is 42.7 Å². The second-order valence-corrected chi connectivity index (χ2v) is 8.19. The average molecular weight is 446 g/mol. The van der Waals surface area contributed by atoms with Gasteiger partial charge in [-0.15, -0.1) is 0 Å². The zero-order chi connectivity index (χ0) is 22.8. The number of carbonyl (C=O) groups is 2. The van der Waals surface area contributed by atoms with Gasteiger partial charge in [0.25, 0.3) is 5.91 Å². The number of benzene rings is 2. The Kier molecular flexibility index (Phi) is 5.38. The van der Waals surface area contributed by atoms with Crippen molar-refractivity contribution < 1.29 is 28.2 Å². The van der Waals surface area contributed by atoms with Gasteiger partial charge in [0.15, 0.2) is 18.1 Å². The van der Waals surface area contributed by atoms with Gasteiger partial charge in [0, 0.05) is 5.39 Å². The third-order valence-corrected chi connectivity index (χ3v) is 6.24. The molecule has 33 heavy (non-hydrogen) atoms. The maximum absolute atomic E-state index is 13.2. The number of ether oxygens (including phenoxy) is 3. The number of fused-ring (bicyclic) bond motifs is 2. The Hall–Kier alpha value is -3.99. The van der Waals surface area contributed by atoms with Crippen molar-refractivity contribution in [2.24, 2.45) is 0 Å². The third kappa shape index (κ3) is 3.76. The van der Waals surface area contributed by atoms with Gasteiger partial charge in [0.2, 0.25) is 5.76 Å². The number of esters is 1. The highest BCUT2D eigenvalue weighted by atomic mass is 16.6. The normalized spacial score (nSPS) is 16.2. The van der Waals surface area contributed by atoms with Gasteiger partial charge in [-0.25, -0.2) is 0 Å². The molecule has 168 valence electrons. The number of nitriles is 1. The number of nitrogens with zero attached hydrogens (tertiary/aromatic N) is 1. The molecule has 5 rings (SSSR count).